The Morgan fingerprint density at radius 3 is 2.47 bits per heavy atom. The predicted octanol–water partition coefficient (Wildman–Crippen LogP) is 11.2. The van der Waals surface area contributed by atoms with E-state index >= 15 is 8.78 Å². The number of carbonyl (C=O) groups is 2. The van der Waals surface area contributed by atoms with E-state index in [1.807, 2.05) is 17.0 Å². The number of hydrogen-bond donors (Lipinski definition) is 2. The fraction of sp³-hybridized carbons (Fsp3) is 0.306. The first-order valence-corrected chi connectivity index (χ1v) is 23.3. The number of anilines is 2. The first-order valence-electron chi connectivity index (χ1n) is 21.5. The summed E-state index contributed by atoms with van der Waals surface area (Å²) in [5.41, 5.74) is 4.38. The maximum Gasteiger partial charge on any atom is 0.340 e. The standard InChI is InChI=1S/C49H41F2N5O4S2/c50-45(51)31-6-4-10-38-42(31)49(35-8-1-2-9-37(35)59-38)41-30(5-3-7-32(41)47(58)60-49)34-25-53-48(54-36-16-13-28(23-33(36)27-11-12-27)26-17-19-52-20-18-26)55-43(34)39-24-40-44(62-39)46(57)56(21-22-61-40)29-14-15-29/h1-10,13,16,23-27,29,45,52H,11-12,14-15,17-22H2,(H,53,54,55). The smallest absolute Gasteiger partial charge is 0.340 e. The Labute approximate surface area is 365 Å². The number of nitrogens with one attached hydrogen (secondary N) is 2. The van der Waals surface area contributed by atoms with Crippen molar-refractivity contribution < 1.29 is 27.8 Å². The number of esters is 1. The van der Waals surface area contributed by atoms with Gasteiger partial charge >= 0.3 is 5.97 Å². The van der Waals surface area contributed by atoms with Gasteiger partial charge in [-0.05, 0) is 110 Å². The fourth-order valence-electron chi connectivity index (χ4n) is 9.98. The number of amides is 1. The number of aromatic nitrogens is 2. The number of nitrogens with zero attached hydrogens (tertiary/aromatic N) is 3. The summed E-state index contributed by atoms with van der Waals surface area (Å²) in [6, 6.07) is 26.0. The van der Waals surface area contributed by atoms with Crippen LogP contribution in [-0.2, 0) is 10.3 Å². The molecule has 6 heterocycles. The molecule has 312 valence electrons. The van der Waals surface area contributed by atoms with Crippen LogP contribution in [-0.4, -0.2) is 58.2 Å². The monoisotopic (exact) mass is 865 g/mol. The van der Waals surface area contributed by atoms with E-state index in [-0.39, 0.29) is 34.4 Å². The van der Waals surface area contributed by atoms with E-state index in [1.54, 1.807) is 60.4 Å². The molecule has 9 nitrogen and oxygen atoms in total. The average molecular weight is 866 g/mol. The van der Waals surface area contributed by atoms with Crippen molar-refractivity contribution in [3.05, 3.63) is 135 Å². The van der Waals surface area contributed by atoms with E-state index in [9.17, 15) is 9.59 Å². The van der Waals surface area contributed by atoms with Gasteiger partial charge in [-0.25, -0.2) is 23.5 Å². The summed E-state index contributed by atoms with van der Waals surface area (Å²) in [6.45, 7) is 2.75. The Kier molecular flexibility index (Phi) is 9.05. The van der Waals surface area contributed by atoms with Crippen LogP contribution < -0.4 is 15.4 Å². The van der Waals surface area contributed by atoms with Gasteiger partial charge in [0.05, 0.1) is 21.7 Å². The van der Waals surface area contributed by atoms with Crippen LogP contribution in [0.4, 0.5) is 20.4 Å². The molecule has 1 atom stereocenters. The summed E-state index contributed by atoms with van der Waals surface area (Å²) in [5.74, 6) is 2.14. The Hall–Kier alpha value is -5.63. The molecule has 1 unspecified atom stereocenters. The van der Waals surface area contributed by atoms with Crippen molar-refractivity contribution in [1.29, 1.82) is 0 Å². The Morgan fingerprint density at radius 2 is 1.65 bits per heavy atom. The summed E-state index contributed by atoms with van der Waals surface area (Å²) in [4.78, 5) is 43.0. The van der Waals surface area contributed by atoms with Crippen molar-refractivity contribution in [2.45, 2.75) is 73.3 Å². The van der Waals surface area contributed by atoms with Crippen molar-refractivity contribution in [1.82, 2.24) is 20.2 Å². The van der Waals surface area contributed by atoms with Gasteiger partial charge in [0.2, 0.25) is 5.95 Å². The second-order valence-corrected chi connectivity index (χ2v) is 19.2. The van der Waals surface area contributed by atoms with Crippen LogP contribution in [0.25, 0.3) is 21.7 Å². The van der Waals surface area contributed by atoms with Crippen LogP contribution in [0, 0.1) is 0 Å². The minimum absolute atomic E-state index is 0.0362. The molecular weight excluding hydrogens is 825 g/mol. The van der Waals surface area contributed by atoms with Crippen LogP contribution in [0.3, 0.4) is 0 Å². The summed E-state index contributed by atoms with van der Waals surface area (Å²) in [6.07, 6.45) is 5.38. The van der Waals surface area contributed by atoms with Crippen LogP contribution in [0.15, 0.2) is 96.0 Å². The number of fused-ring (bicyclic) bond motifs is 7. The molecule has 2 aromatic heterocycles. The van der Waals surface area contributed by atoms with E-state index in [0.29, 0.717) is 62.9 Å². The molecule has 2 N–H and O–H groups in total. The van der Waals surface area contributed by atoms with Crippen LogP contribution >= 0.6 is 23.1 Å². The number of alkyl halides is 2. The molecule has 4 aliphatic heterocycles. The first kappa shape index (κ1) is 38.1. The topological polar surface area (TPSA) is 106 Å². The third-order valence-corrected chi connectivity index (χ3v) is 15.5. The van der Waals surface area contributed by atoms with E-state index in [1.165, 1.54) is 34.6 Å². The number of benzene rings is 4. The minimum atomic E-state index is -2.89. The molecule has 6 aromatic rings. The first-order chi connectivity index (χ1) is 30.4. The Balaban J connectivity index is 1.05. The molecule has 0 radical (unpaired) electrons. The molecule has 6 aliphatic rings. The molecule has 1 amide bonds. The molecule has 12 rings (SSSR count). The Bertz CT molecular complexity index is 2840. The number of thioether (sulfide) groups is 1. The second kappa shape index (κ2) is 14.7. The normalized spacial score (nSPS) is 20.6. The van der Waals surface area contributed by atoms with E-state index in [4.69, 9.17) is 19.4 Å². The number of carbonyl (C=O) groups excluding carboxylic acids is 2. The van der Waals surface area contributed by atoms with Gasteiger partial charge in [0.1, 0.15) is 16.4 Å². The highest BCUT2D eigenvalue weighted by Gasteiger charge is 2.56. The lowest BCUT2D eigenvalue weighted by atomic mass is 9.73. The van der Waals surface area contributed by atoms with E-state index in [0.717, 1.165) is 72.8 Å². The minimum Gasteiger partial charge on any atom is -0.456 e. The van der Waals surface area contributed by atoms with Gasteiger partial charge in [-0.3, -0.25) is 4.79 Å². The summed E-state index contributed by atoms with van der Waals surface area (Å²) in [5, 5.41) is 7.08. The zero-order chi connectivity index (χ0) is 41.7. The lowest BCUT2D eigenvalue weighted by Gasteiger charge is -2.38. The molecule has 2 saturated carbocycles. The van der Waals surface area contributed by atoms with Gasteiger partial charge in [-0.15, -0.1) is 23.1 Å². The van der Waals surface area contributed by atoms with Crippen LogP contribution in [0.1, 0.15) is 110 Å². The molecule has 2 aliphatic carbocycles. The van der Waals surface area contributed by atoms with Crippen molar-refractivity contribution in [3.63, 3.8) is 0 Å². The molecular formula is C49H41F2N5O4S2. The summed E-state index contributed by atoms with van der Waals surface area (Å²) >= 11 is 3.08. The average Bonchev–Trinajstić information content (AvgIpc) is 4.25. The highest BCUT2D eigenvalue weighted by molar-refractivity contribution is 7.99. The third kappa shape index (κ3) is 6.17. The van der Waals surface area contributed by atoms with Gasteiger partial charge in [0.25, 0.3) is 12.3 Å². The van der Waals surface area contributed by atoms with Gasteiger partial charge < -0.3 is 25.0 Å². The quantitative estimate of drug-likeness (QED) is 0.145. The number of rotatable bonds is 8. The zero-order valence-electron chi connectivity index (χ0n) is 33.6. The summed E-state index contributed by atoms with van der Waals surface area (Å²) in [7, 11) is 0. The number of halogens is 2. The van der Waals surface area contributed by atoms with Crippen molar-refractivity contribution >= 4 is 46.6 Å². The SMILES string of the molecule is O=C1OC2(c3ccccc3Oc3cccc(C(F)F)c32)c2c1cccc2-c1cnc(Nc2ccc(C3CCNCC3)cc2C2CC2)nc1-c1cc2c(s1)C(=O)N(C1CC1)CCS2. The number of ether oxygens (including phenoxy) is 2. The number of thiophene rings is 1. The van der Waals surface area contributed by atoms with Crippen LogP contribution in [0.2, 0.25) is 0 Å². The maximum atomic E-state index is 15.2. The third-order valence-electron chi connectivity index (χ3n) is 13.2. The molecule has 1 saturated heterocycles. The van der Waals surface area contributed by atoms with Crippen LogP contribution in [0.5, 0.6) is 11.5 Å². The van der Waals surface area contributed by atoms with Gasteiger partial charge in [0, 0.05) is 57.4 Å². The zero-order valence-corrected chi connectivity index (χ0v) is 35.2. The lowest BCUT2D eigenvalue weighted by molar-refractivity contribution is 0.0208. The maximum absolute atomic E-state index is 15.2. The van der Waals surface area contributed by atoms with Crippen molar-refractivity contribution in [2.24, 2.45) is 0 Å². The van der Waals surface area contributed by atoms with Crippen molar-refractivity contribution in [2.75, 3.05) is 30.7 Å². The lowest BCUT2D eigenvalue weighted by Crippen LogP contribution is -2.34. The predicted molar refractivity (Wildman–Crippen MR) is 235 cm³/mol. The highest BCUT2D eigenvalue weighted by atomic mass is 32.2. The van der Waals surface area contributed by atoms with Gasteiger partial charge in [-0.1, -0.05) is 54.6 Å². The second-order valence-electron chi connectivity index (χ2n) is 17.0. The molecule has 62 heavy (non-hydrogen) atoms. The Morgan fingerprint density at radius 1 is 0.839 bits per heavy atom. The molecule has 0 bridgehead atoms. The van der Waals surface area contributed by atoms with E-state index < -0.39 is 18.0 Å². The number of hydrogen-bond acceptors (Lipinski definition) is 10. The molecule has 3 fully saturated rings. The summed E-state index contributed by atoms with van der Waals surface area (Å²) < 4.78 is 43.1. The fourth-order valence-corrected chi connectivity index (χ4v) is 12.3. The van der Waals surface area contributed by atoms with Gasteiger partial charge in [0.15, 0.2) is 5.60 Å². The molecule has 4 aromatic carbocycles. The number of piperidine rings is 1. The molecule has 1 spiro atoms. The van der Waals surface area contributed by atoms with Crippen molar-refractivity contribution in [3.8, 4) is 33.2 Å². The number of para-hydroxylation sites is 1. The van der Waals surface area contributed by atoms with Gasteiger partial charge in [-0.2, -0.15) is 0 Å². The van der Waals surface area contributed by atoms with E-state index in [2.05, 4.69) is 28.8 Å². The molecule has 13 heteroatoms. The largest absolute Gasteiger partial charge is 0.456 e. The highest BCUT2D eigenvalue weighted by Crippen LogP contribution is 2.60.